The summed E-state index contributed by atoms with van der Waals surface area (Å²) in [6, 6.07) is 10.0. The number of ketones is 4. The molecule has 1 saturated carbocycles. The van der Waals surface area contributed by atoms with E-state index in [1.807, 2.05) is 0 Å². The van der Waals surface area contributed by atoms with E-state index in [-0.39, 0.29) is 23.1 Å². The molecule has 2 aromatic carbocycles. The molecule has 8 heteroatoms. The van der Waals surface area contributed by atoms with Crippen molar-refractivity contribution in [2.24, 2.45) is 11.8 Å². The van der Waals surface area contributed by atoms with Crippen LogP contribution in [0.15, 0.2) is 84.0 Å². The lowest BCUT2D eigenvalue weighted by atomic mass is 9.47. The molecular weight excluding hydrogens is 542 g/mol. The summed E-state index contributed by atoms with van der Waals surface area (Å²) in [5.74, 6) is -3.33. The van der Waals surface area contributed by atoms with E-state index in [2.05, 4.69) is 0 Å². The van der Waals surface area contributed by atoms with Gasteiger partial charge in [-0.25, -0.2) is 0 Å². The first-order valence-corrected chi connectivity index (χ1v) is 12.5. The Morgan fingerprint density at radius 1 is 0.444 bits per heavy atom. The Kier molecular flexibility index (Phi) is 6.65. The molecule has 0 aromatic heterocycles. The van der Waals surface area contributed by atoms with Crippen molar-refractivity contribution in [1.82, 2.24) is 0 Å². The van der Waals surface area contributed by atoms with E-state index < -0.39 is 23.7 Å². The molecule has 0 saturated heterocycles. The van der Waals surface area contributed by atoms with Crippen LogP contribution in [0.2, 0.25) is 20.1 Å². The lowest BCUT2D eigenvalue weighted by molar-refractivity contribution is -0.116. The Balaban J connectivity index is 1.76. The first-order valence-electron chi connectivity index (χ1n) is 11.0. The number of halogens is 4. The molecule has 2 aromatic rings. The third-order valence-corrected chi connectivity index (χ3v) is 7.64. The zero-order chi connectivity index (χ0) is 25.7. The molecule has 0 atom stereocenters. The maximum absolute atomic E-state index is 13.0. The molecule has 3 aliphatic carbocycles. The average molecular weight is 558 g/mol. The van der Waals surface area contributed by atoms with Crippen LogP contribution in [0.4, 0.5) is 0 Å². The second-order valence-electron chi connectivity index (χ2n) is 8.91. The van der Waals surface area contributed by atoms with Gasteiger partial charge in [-0.05, 0) is 95.8 Å². The zero-order valence-corrected chi connectivity index (χ0v) is 21.4. The van der Waals surface area contributed by atoms with Crippen LogP contribution in [0.25, 0.3) is 0 Å². The highest BCUT2D eigenvalue weighted by Gasteiger charge is 2.56. The molecule has 0 amide bonds. The predicted octanol–water partition coefficient (Wildman–Crippen LogP) is 6.68. The molecule has 0 bridgehead atoms. The van der Waals surface area contributed by atoms with Crippen LogP contribution in [0.1, 0.15) is 23.0 Å². The molecule has 5 rings (SSSR count). The number of hydrogen-bond donors (Lipinski definition) is 0. The van der Waals surface area contributed by atoms with Crippen molar-refractivity contribution in [2.45, 2.75) is 11.8 Å². The molecule has 3 aliphatic rings. The molecule has 1 fully saturated rings. The van der Waals surface area contributed by atoms with Crippen molar-refractivity contribution in [3.8, 4) is 0 Å². The lowest BCUT2D eigenvalue weighted by Crippen LogP contribution is -2.48. The van der Waals surface area contributed by atoms with Crippen molar-refractivity contribution in [3.05, 3.63) is 115 Å². The van der Waals surface area contributed by atoms with Crippen LogP contribution in [-0.4, -0.2) is 23.1 Å². The average Bonchev–Trinajstić information content (AvgIpc) is 2.76. The summed E-state index contributed by atoms with van der Waals surface area (Å²) in [5.41, 5.74) is 1.95. The van der Waals surface area contributed by atoms with E-state index >= 15 is 0 Å². The van der Waals surface area contributed by atoms with Gasteiger partial charge in [0.1, 0.15) is 0 Å². The highest BCUT2D eigenvalue weighted by Crippen LogP contribution is 2.63. The summed E-state index contributed by atoms with van der Waals surface area (Å²) in [6.45, 7) is 0. The highest BCUT2D eigenvalue weighted by atomic mass is 35.5. The van der Waals surface area contributed by atoms with Gasteiger partial charge >= 0.3 is 0 Å². The second-order valence-corrected chi connectivity index (χ2v) is 10.7. The van der Waals surface area contributed by atoms with Gasteiger partial charge in [-0.3, -0.25) is 19.2 Å². The molecule has 0 aliphatic heterocycles. The van der Waals surface area contributed by atoms with Gasteiger partial charge in [-0.1, -0.05) is 46.4 Å². The van der Waals surface area contributed by atoms with Gasteiger partial charge < -0.3 is 0 Å². The monoisotopic (exact) mass is 556 g/mol. The molecule has 4 nitrogen and oxygen atoms in total. The Morgan fingerprint density at radius 3 is 1.11 bits per heavy atom. The van der Waals surface area contributed by atoms with Gasteiger partial charge in [0.15, 0.2) is 23.1 Å². The molecule has 0 N–H and O–H groups in total. The van der Waals surface area contributed by atoms with E-state index in [1.165, 1.54) is 36.5 Å². The predicted molar refractivity (Wildman–Crippen MR) is 140 cm³/mol. The molecular formula is C28H16Cl4O4. The SMILES string of the molecule is O=C1C=CC(=O)C(C2C(c3cc(Cl)cc(Cl)c3)C(C3=CC(=O)C=CC3=O)C2c2cc(Cl)cc(Cl)c2)=C1. The summed E-state index contributed by atoms with van der Waals surface area (Å²) in [7, 11) is 0. The van der Waals surface area contributed by atoms with E-state index in [9.17, 15) is 19.2 Å². The first kappa shape index (κ1) is 24.9. The van der Waals surface area contributed by atoms with Crippen LogP contribution in [-0.2, 0) is 19.2 Å². The number of hydrogen-bond acceptors (Lipinski definition) is 4. The van der Waals surface area contributed by atoms with Crippen LogP contribution in [0.3, 0.4) is 0 Å². The first-order chi connectivity index (χ1) is 17.1. The summed E-state index contributed by atoms with van der Waals surface area (Å²) in [6.07, 6.45) is 7.57. The molecule has 0 heterocycles. The largest absolute Gasteiger partial charge is 0.290 e. The van der Waals surface area contributed by atoms with Gasteiger partial charge in [0.25, 0.3) is 0 Å². The van der Waals surface area contributed by atoms with Crippen LogP contribution in [0, 0.1) is 11.8 Å². The lowest BCUT2D eigenvalue weighted by Gasteiger charge is -2.54. The topological polar surface area (TPSA) is 68.3 Å². The molecule has 0 unspecified atom stereocenters. The van der Waals surface area contributed by atoms with Crippen molar-refractivity contribution < 1.29 is 19.2 Å². The summed E-state index contributed by atoms with van der Waals surface area (Å²) >= 11 is 25.3. The highest BCUT2D eigenvalue weighted by molar-refractivity contribution is 6.35. The minimum absolute atomic E-state index is 0.298. The Hall–Kier alpha value is -2.76. The van der Waals surface area contributed by atoms with Crippen molar-refractivity contribution in [1.29, 1.82) is 0 Å². The maximum Gasteiger partial charge on any atom is 0.182 e. The summed E-state index contributed by atoms with van der Waals surface area (Å²) in [4.78, 5) is 50.7. The van der Waals surface area contributed by atoms with Crippen LogP contribution < -0.4 is 0 Å². The van der Waals surface area contributed by atoms with Gasteiger partial charge in [0.2, 0.25) is 0 Å². The molecule has 0 spiro atoms. The Bertz CT molecular complexity index is 1320. The number of allylic oxidation sites excluding steroid dienone is 8. The number of rotatable bonds is 4. The van der Waals surface area contributed by atoms with Gasteiger partial charge in [-0.15, -0.1) is 0 Å². The summed E-state index contributed by atoms with van der Waals surface area (Å²) in [5, 5.41) is 1.52. The van der Waals surface area contributed by atoms with E-state index in [0.29, 0.717) is 42.4 Å². The van der Waals surface area contributed by atoms with Gasteiger partial charge in [0.05, 0.1) is 0 Å². The Morgan fingerprint density at radius 2 is 0.778 bits per heavy atom. The van der Waals surface area contributed by atoms with Crippen LogP contribution in [0.5, 0.6) is 0 Å². The van der Waals surface area contributed by atoms with Gasteiger partial charge in [0, 0.05) is 43.1 Å². The standard InChI is InChI=1S/C28H16Cl4O4/c29-15-5-13(6-16(30)9-15)25-27(21-11-19(33)1-3-23(21)35)26(14-7-17(31)10-18(32)8-14)28(25)22-12-20(34)2-4-24(22)36/h1-12,25-28H. The number of benzene rings is 2. The van der Waals surface area contributed by atoms with Crippen molar-refractivity contribution in [3.63, 3.8) is 0 Å². The number of carbonyl (C=O) groups excluding carboxylic acids is 4. The third-order valence-electron chi connectivity index (χ3n) is 6.77. The van der Waals surface area contributed by atoms with E-state index in [0.717, 1.165) is 0 Å². The second kappa shape index (κ2) is 9.60. The van der Waals surface area contributed by atoms with Crippen molar-refractivity contribution in [2.75, 3.05) is 0 Å². The normalized spacial score (nSPS) is 25.6. The third kappa shape index (κ3) is 4.55. The molecule has 0 radical (unpaired) electrons. The summed E-state index contributed by atoms with van der Waals surface area (Å²) < 4.78 is 0. The fraction of sp³-hybridized carbons (Fsp3) is 0.143. The zero-order valence-electron chi connectivity index (χ0n) is 18.4. The molecule has 180 valence electrons. The van der Waals surface area contributed by atoms with E-state index in [4.69, 9.17) is 46.4 Å². The minimum atomic E-state index is -0.546. The fourth-order valence-electron chi connectivity index (χ4n) is 5.46. The quantitative estimate of drug-likeness (QED) is 0.393. The minimum Gasteiger partial charge on any atom is -0.290 e. The van der Waals surface area contributed by atoms with E-state index in [1.54, 1.807) is 36.4 Å². The van der Waals surface area contributed by atoms with Crippen LogP contribution >= 0.6 is 46.4 Å². The van der Waals surface area contributed by atoms with Crippen molar-refractivity contribution >= 4 is 69.5 Å². The van der Waals surface area contributed by atoms with Gasteiger partial charge in [-0.2, -0.15) is 0 Å². The number of carbonyl (C=O) groups is 4. The Labute approximate surface area is 226 Å². The molecule has 36 heavy (non-hydrogen) atoms. The maximum atomic E-state index is 13.0. The smallest absolute Gasteiger partial charge is 0.182 e. The fourth-order valence-corrected chi connectivity index (χ4v) is 6.55.